The van der Waals surface area contributed by atoms with Crippen molar-refractivity contribution >= 4 is 21.5 Å². The Hall–Kier alpha value is -1.81. The lowest BCUT2D eigenvalue weighted by Gasteiger charge is -2.12. The van der Waals surface area contributed by atoms with Crippen LogP contribution in [0, 0.1) is 0 Å². The Balaban J connectivity index is 2.87. The molecule has 0 aliphatic carbocycles. The van der Waals surface area contributed by atoms with Crippen LogP contribution >= 0.6 is 0 Å². The largest absolute Gasteiger partial charge is 0.383 e. The Morgan fingerprint density at radius 2 is 2.00 bits per heavy atom. The number of nitrogens with two attached hydrogens (primary N) is 2. The summed E-state index contributed by atoms with van der Waals surface area (Å²) in [5.41, 5.74) is 4.64. The normalized spacial score (nSPS) is 11.5. The van der Waals surface area contributed by atoms with E-state index in [-0.39, 0.29) is 30.2 Å². The molecule has 9 nitrogen and oxygen atoms in total. The molecule has 0 aliphatic heterocycles. The van der Waals surface area contributed by atoms with Crippen LogP contribution < -0.4 is 27.4 Å². The lowest BCUT2D eigenvalue weighted by molar-refractivity contribution is 0.595. The summed E-state index contributed by atoms with van der Waals surface area (Å²) < 4.78 is 22.8. The zero-order valence-corrected chi connectivity index (χ0v) is 12.0. The van der Waals surface area contributed by atoms with E-state index in [1.807, 2.05) is 6.92 Å². The van der Waals surface area contributed by atoms with Gasteiger partial charge in [-0.05, 0) is 12.8 Å². The molecule has 1 aromatic rings. The molecule has 0 aromatic carbocycles. The Kier molecular flexibility index (Phi) is 5.34. The summed E-state index contributed by atoms with van der Waals surface area (Å²) in [4.78, 5) is 25.4. The van der Waals surface area contributed by atoms with E-state index in [0.29, 0.717) is 13.0 Å². The Morgan fingerprint density at radius 3 is 2.55 bits per heavy atom. The van der Waals surface area contributed by atoms with Crippen LogP contribution in [0.2, 0.25) is 0 Å². The van der Waals surface area contributed by atoms with Gasteiger partial charge in [0.2, 0.25) is 10.0 Å². The first-order valence-electron chi connectivity index (χ1n) is 6.13. The summed E-state index contributed by atoms with van der Waals surface area (Å²) in [5, 5.41) is 7.60. The number of aromatic nitrogens is 2. The first-order valence-corrected chi connectivity index (χ1v) is 7.84. The van der Waals surface area contributed by atoms with Crippen LogP contribution in [0.1, 0.15) is 19.8 Å². The highest BCUT2D eigenvalue weighted by atomic mass is 32.2. The summed E-state index contributed by atoms with van der Waals surface area (Å²) in [6.45, 7) is 2.46. The van der Waals surface area contributed by atoms with Gasteiger partial charge in [-0.2, -0.15) is 0 Å². The molecule has 6 N–H and O–H groups in total. The van der Waals surface area contributed by atoms with Gasteiger partial charge in [-0.1, -0.05) is 6.92 Å². The van der Waals surface area contributed by atoms with Crippen molar-refractivity contribution in [1.29, 1.82) is 0 Å². The fraction of sp³-hybridized carbons (Fsp3) is 0.600. The Morgan fingerprint density at radius 1 is 1.35 bits per heavy atom. The van der Waals surface area contributed by atoms with Gasteiger partial charge >= 0.3 is 5.69 Å². The van der Waals surface area contributed by atoms with Gasteiger partial charge in [-0.15, -0.1) is 0 Å². The molecule has 0 fully saturated rings. The molecule has 114 valence electrons. The number of primary sulfonamides is 1. The molecule has 0 atom stereocenters. The third kappa shape index (κ3) is 4.38. The van der Waals surface area contributed by atoms with Crippen LogP contribution in [0.25, 0.3) is 0 Å². The first kappa shape index (κ1) is 16.2. The minimum Gasteiger partial charge on any atom is -0.383 e. The van der Waals surface area contributed by atoms with Crippen LogP contribution in [-0.4, -0.2) is 30.3 Å². The topological polar surface area (TPSA) is 153 Å². The molecule has 0 amide bonds. The highest BCUT2D eigenvalue weighted by Gasteiger charge is 2.11. The zero-order valence-electron chi connectivity index (χ0n) is 11.2. The number of rotatable bonds is 7. The summed E-state index contributed by atoms with van der Waals surface area (Å²) in [5.74, 6) is -0.164. The smallest absolute Gasteiger partial charge is 0.330 e. The van der Waals surface area contributed by atoms with Crippen molar-refractivity contribution in [2.75, 3.05) is 23.3 Å². The molecule has 1 aromatic heterocycles. The van der Waals surface area contributed by atoms with Crippen molar-refractivity contribution in [2.24, 2.45) is 5.14 Å². The third-order valence-corrected chi connectivity index (χ3v) is 3.45. The maximum Gasteiger partial charge on any atom is 0.330 e. The van der Waals surface area contributed by atoms with E-state index in [2.05, 4.69) is 10.3 Å². The minimum absolute atomic E-state index is 0.0382. The number of hydrogen-bond donors (Lipinski definition) is 4. The molecular formula is C10H19N5O4S. The second-order valence-corrected chi connectivity index (χ2v) is 6.05. The van der Waals surface area contributed by atoms with Crippen LogP contribution in [0.4, 0.5) is 11.5 Å². The maximum absolute atomic E-state index is 11.7. The number of H-pyrrole nitrogens is 1. The lowest BCUT2D eigenvalue weighted by atomic mass is 10.4. The molecule has 0 saturated heterocycles. The van der Waals surface area contributed by atoms with Gasteiger partial charge < -0.3 is 11.1 Å². The number of aromatic amines is 1. The summed E-state index contributed by atoms with van der Waals surface area (Å²) in [7, 11) is -3.53. The predicted octanol–water partition coefficient (Wildman–Crippen LogP) is -1.38. The van der Waals surface area contributed by atoms with E-state index in [1.165, 1.54) is 4.57 Å². The second-order valence-electron chi connectivity index (χ2n) is 4.32. The summed E-state index contributed by atoms with van der Waals surface area (Å²) in [6.07, 6.45) is 0.908. The molecule has 20 heavy (non-hydrogen) atoms. The molecule has 0 radical (unpaired) electrons. The average Bonchev–Trinajstić information content (AvgIpc) is 2.32. The number of anilines is 2. The van der Waals surface area contributed by atoms with E-state index >= 15 is 0 Å². The van der Waals surface area contributed by atoms with Crippen molar-refractivity contribution in [3.8, 4) is 0 Å². The maximum atomic E-state index is 11.7. The molecular weight excluding hydrogens is 286 g/mol. The van der Waals surface area contributed by atoms with Gasteiger partial charge in [0, 0.05) is 13.1 Å². The van der Waals surface area contributed by atoms with E-state index in [4.69, 9.17) is 10.9 Å². The van der Waals surface area contributed by atoms with Crippen molar-refractivity contribution in [2.45, 2.75) is 26.3 Å². The number of sulfonamides is 1. The number of nitrogens with one attached hydrogen (secondary N) is 2. The highest BCUT2D eigenvalue weighted by molar-refractivity contribution is 7.89. The van der Waals surface area contributed by atoms with Gasteiger partial charge in [0.05, 0.1) is 5.75 Å². The number of hydrogen-bond acceptors (Lipinski definition) is 6. The molecule has 0 aliphatic rings. The predicted molar refractivity (Wildman–Crippen MR) is 77.1 cm³/mol. The third-order valence-electron chi connectivity index (χ3n) is 2.59. The fourth-order valence-corrected chi connectivity index (χ4v) is 2.24. The summed E-state index contributed by atoms with van der Waals surface area (Å²) in [6, 6.07) is 0. The van der Waals surface area contributed by atoms with Crippen molar-refractivity contribution < 1.29 is 8.42 Å². The second kappa shape index (κ2) is 6.57. The van der Waals surface area contributed by atoms with Gasteiger partial charge in [-0.25, -0.2) is 18.4 Å². The number of nitrogen functional groups attached to an aromatic ring is 1. The van der Waals surface area contributed by atoms with Crippen molar-refractivity contribution in [3.05, 3.63) is 20.8 Å². The minimum atomic E-state index is -3.53. The van der Waals surface area contributed by atoms with E-state index < -0.39 is 21.3 Å². The van der Waals surface area contributed by atoms with Gasteiger partial charge in [0.25, 0.3) is 5.56 Å². The van der Waals surface area contributed by atoms with E-state index in [0.717, 1.165) is 0 Å². The van der Waals surface area contributed by atoms with Gasteiger partial charge in [0.1, 0.15) is 11.5 Å². The van der Waals surface area contributed by atoms with Gasteiger partial charge in [0.15, 0.2) is 0 Å². The standard InChI is InChI=1S/C10H19N5O4S/c1-2-5-15-8(11)7(9(16)14-10(15)17)13-4-3-6-20(12,18)19/h13H,2-6,11H2,1H3,(H2,12,18,19)(H,14,16,17). The molecule has 10 heteroatoms. The molecule has 1 rings (SSSR count). The van der Waals surface area contributed by atoms with Crippen molar-refractivity contribution in [1.82, 2.24) is 9.55 Å². The molecule has 0 spiro atoms. The number of nitrogens with zero attached hydrogens (tertiary/aromatic N) is 1. The first-order chi connectivity index (χ1) is 9.26. The quantitative estimate of drug-likeness (QED) is 0.455. The van der Waals surface area contributed by atoms with Crippen LogP contribution in [0.5, 0.6) is 0 Å². The Bertz CT molecular complexity index is 676. The van der Waals surface area contributed by atoms with Crippen LogP contribution in [0.3, 0.4) is 0 Å². The van der Waals surface area contributed by atoms with Crippen LogP contribution in [0.15, 0.2) is 9.59 Å². The molecule has 1 heterocycles. The molecule has 0 saturated carbocycles. The van der Waals surface area contributed by atoms with Gasteiger partial charge in [-0.3, -0.25) is 14.3 Å². The summed E-state index contributed by atoms with van der Waals surface area (Å²) >= 11 is 0. The zero-order chi connectivity index (χ0) is 15.3. The average molecular weight is 305 g/mol. The highest BCUT2D eigenvalue weighted by Crippen LogP contribution is 2.10. The molecule has 0 bridgehead atoms. The van der Waals surface area contributed by atoms with Crippen molar-refractivity contribution in [3.63, 3.8) is 0 Å². The Labute approximate surface area is 116 Å². The van der Waals surface area contributed by atoms with E-state index in [9.17, 15) is 18.0 Å². The SMILES string of the molecule is CCCn1c(N)c(NCCCS(N)(=O)=O)c(=O)[nH]c1=O. The fourth-order valence-electron chi connectivity index (χ4n) is 1.69. The lowest BCUT2D eigenvalue weighted by Crippen LogP contribution is -2.34. The monoisotopic (exact) mass is 305 g/mol. The molecule has 0 unspecified atom stereocenters. The van der Waals surface area contributed by atoms with Crippen LogP contribution in [-0.2, 0) is 16.6 Å². The van der Waals surface area contributed by atoms with E-state index in [1.54, 1.807) is 0 Å².